The molecule has 1 aromatic heterocycles. The van der Waals surface area contributed by atoms with Gasteiger partial charge in [0.15, 0.2) is 0 Å². The first-order valence-corrected chi connectivity index (χ1v) is 5.42. The van der Waals surface area contributed by atoms with Crippen molar-refractivity contribution in [3.8, 4) is 0 Å². The lowest BCUT2D eigenvalue weighted by Crippen LogP contribution is -2.17. The zero-order valence-corrected chi connectivity index (χ0v) is 10.2. The largest absolute Gasteiger partial charge is 0.327 e. The van der Waals surface area contributed by atoms with E-state index in [0.717, 1.165) is 5.56 Å². The summed E-state index contributed by atoms with van der Waals surface area (Å²) in [6.45, 7) is 1.85. The summed E-state index contributed by atoms with van der Waals surface area (Å²) in [7, 11) is 1.74. The molecule has 0 spiro atoms. The fraction of sp³-hybridized carbons (Fsp3) is 0.167. The second-order valence-electron chi connectivity index (χ2n) is 3.85. The number of aromatic nitrogens is 2. The number of anilines is 3. The summed E-state index contributed by atoms with van der Waals surface area (Å²) >= 11 is 0. The molecule has 6 heteroatoms. The van der Waals surface area contributed by atoms with Crippen molar-refractivity contribution in [3.63, 3.8) is 0 Å². The highest BCUT2D eigenvalue weighted by Gasteiger charge is 2.13. The van der Waals surface area contributed by atoms with E-state index in [2.05, 4.69) is 15.4 Å². The van der Waals surface area contributed by atoms with E-state index in [1.165, 1.54) is 6.07 Å². The van der Waals surface area contributed by atoms with Gasteiger partial charge in [-0.1, -0.05) is 12.1 Å². The van der Waals surface area contributed by atoms with E-state index in [1.807, 2.05) is 6.92 Å². The van der Waals surface area contributed by atoms with Crippen LogP contribution in [0.1, 0.15) is 5.56 Å². The molecule has 0 atom stereocenters. The predicted octanol–water partition coefficient (Wildman–Crippen LogP) is 1.98. The van der Waals surface area contributed by atoms with Crippen LogP contribution in [0.15, 0.2) is 30.5 Å². The number of hydrogen-bond acceptors (Lipinski definition) is 5. The summed E-state index contributed by atoms with van der Waals surface area (Å²) in [5.74, 6) is 5.86. The predicted molar refractivity (Wildman–Crippen MR) is 69.0 cm³/mol. The van der Waals surface area contributed by atoms with E-state index in [1.54, 1.807) is 36.3 Å². The van der Waals surface area contributed by atoms with Crippen LogP contribution in [0.4, 0.5) is 21.8 Å². The molecular formula is C12H14FN5. The molecule has 1 heterocycles. The van der Waals surface area contributed by atoms with Gasteiger partial charge in [0.1, 0.15) is 11.6 Å². The summed E-state index contributed by atoms with van der Waals surface area (Å²) in [4.78, 5) is 9.87. The summed E-state index contributed by atoms with van der Waals surface area (Å²) in [6, 6.07) is 6.51. The Labute approximate surface area is 104 Å². The fourth-order valence-electron chi connectivity index (χ4n) is 1.68. The van der Waals surface area contributed by atoms with Crippen LogP contribution in [0, 0.1) is 12.7 Å². The van der Waals surface area contributed by atoms with E-state index in [-0.39, 0.29) is 5.82 Å². The molecule has 0 saturated heterocycles. The Kier molecular flexibility index (Phi) is 3.38. The summed E-state index contributed by atoms with van der Waals surface area (Å²) < 4.78 is 13.7. The van der Waals surface area contributed by atoms with E-state index >= 15 is 0 Å². The maximum Gasteiger partial charge on any atom is 0.239 e. The van der Waals surface area contributed by atoms with Crippen molar-refractivity contribution in [2.45, 2.75) is 6.92 Å². The average Bonchev–Trinajstić information content (AvgIpc) is 2.39. The summed E-state index contributed by atoms with van der Waals surface area (Å²) in [5, 5.41) is 0. The molecule has 0 fully saturated rings. The first-order valence-electron chi connectivity index (χ1n) is 5.42. The SMILES string of the molecule is Cc1cnc(NN)nc1N(C)c1ccccc1F. The van der Waals surface area contributed by atoms with Crippen LogP contribution in [-0.2, 0) is 0 Å². The highest BCUT2D eigenvalue weighted by molar-refractivity contribution is 5.63. The fourth-order valence-corrected chi connectivity index (χ4v) is 1.68. The van der Waals surface area contributed by atoms with Gasteiger partial charge in [-0.2, -0.15) is 4.98 Å². The minimum atomic E-state index is -0.305. The summed E-state index contributed by atoms with van der Waals surface area (Å²) in [6.07, 6.45) is 1.63. The lowest BCUT2D eigenvalue weighted by atomic mass is 10.2. The van der Waals surface area contributed by atoms with Gasteiger partial charge in [-0.15, -0.1) is 0 Å². The third kappa shape index (κ3) is 2.23. The highest BCUT2D eigenvalue weighted by Crippen LogP contribution is 2.27. The van der Waals surface area contributed by atoms with Crippen LogP contribution in [0.2, 0.25) is 0 Å². The maximum atomic E-state index is 13.7. The third-order valence-electron chi connectivity index (χ3n) is 2.61. The minimum absolute atomic E-state index is 0.291. The van der Waals surface area contributed by atoms with Crippen LogP contribution in [0.3, 0.4) is 0 Å². The Morgan fingerprint density at radius 1 is 1.33 bits per heavy atom. The van der Waals surface area contributed by atoms with Crippen molar-refractivity contribution >= 4 is 17.5 Å². The number of rotatable bonds is 3. The molecule has 0 saturated carbocycles. The van der Waals surface area contributed by atoms with Crippen LogP contribution in [0.25, 0.3) is 0 Å². The van der Waals surface area contributed by atoms with Crippen molar-refractivity contribution in [2.75, 3.05) is 17.4 Å². The molecule has 0 radical (unpaired) electrons. The van der Waals surface area contributed by atoms with Crippen molar-refractivity contribution in [1.82, 2.24) is 9.97 Å². The number of aryl methyl sites for hydroxylation is 1. The second kappa shape index (κ2) is 4.97. The Hall–Kier alpha value is -2.21. The number of hydrogen-bond donors (Lipinski definition) is 2. The first kappa shape index (κ1) is 12.3. The molecule has 0 bridgehead atoms. The van der Waals surface area contributed by atoms with E-state index in [0.29, 0.717) is 17.5 Å². The first-order chi connectivity index (χ1) is 8.63. The third-order valence-corrected chi connectivity index (χ3v) is 2.61. The van der Waals surface area contributed by atoms with E-state index < -0.39 is 0 Å². The molecule has 3 N–H and O–H groups in total. The van der Waals surface area contributed by atoms with Crippen LogP contribution >= 0.6 is 0 Å². The zero-order chi connectivity index (χ0) is 13.1. The molecule has 0 aliphatic carbocycles. The maximum absolute atomic E-state index is 13.7. The molecule has 18 heavy (non-hydrogen) atoms. The van der Waals surface area contributed by atoms with Crippen molar-refractivity contribution in [1.29, 1.82) is 0 Å². The van der Waals surface area contributed by atoms with Gasteiger partial charge in [0, 0.05) is 18.8 Å². The highest BCUT2D eigenvalue weighted by atomic mass is 19.1. The van der Waals surface area contributed by atoms with Gasteiger partial charge in [-0.25, -0.2) is 15.2 Å². The normalized spacial score (nSPS) is 10.2. The monoisotopic (exact) mass is 247 g/mol. The molecule has 2 aromatic rings. The number of halogens is 1. The quantitative estimate of drug-likeness (QED) is 0.641. The zero-order valence-electron chi connectivity index (χ0n) is 10.2. The van der Waals surface area contributed by atoms with Crippen molar-refractivity contribution in [3.05, 3.63) is 41.8 Å². The molecule has 5 nitrogen and oxygen atoms in total. The number of nitrogens with two attached hydrogens (primary N) is 1. The van der Waals surface area contributed by atoms with Gasteiger partial charge < -0.3 is 4.90 Å². The van der Waals surface area contributed by atoms with Gasteiger partial charge in [-0.05, 0) is 19.1 Å². The minimum Gasteiger partial charge on any atom is -0.327 e. The Morgan fingerprint density at radius 3 is 2.72 bits per heavy atom. The Bertz CT molecular complexity index is 558. The number of para-hydroxylation sites is 1. The van der Waals surface area contributed by atoms with Crippen molar-refractivity contribution < 1.29 is 4.39 Å². The van der Waals surface area contributed by atoms with Gasteiger partial charge >= 0.3 is 0 Å². The lowest BCUT2D eigenvalue weighted by molar-refractivity contribution is 0.627. The molecule has 1 aromatic carbocycles. The van der Waals surface area contributed by atoms with Crippen LogP contribution in [-0.4, -0.2) is 17.0 Å². The number of benzene rings is 1. The standard InChI is InChI=1S/C12H14FN5/c1-8-7-15-12(17-14)16-11(8)18(2)10-6-4-3-5-9(10)13/h3-7H,14H2,1-2H3,(H,15,16,17). The molecule has 94 valence electrons. The molecule has 0 aliphatic rings. The number of nitrogens with zero attached hydrogens (tertiary/aromatic N) is 3. The Morgan fingerprint density at radius 2 is 2.06 bits per heavy atom. The van der Waals surface area contributed by atoms with Crippen molar-refractivity contribution in [2.24, 2.45) is 5.84 Å². The van der Waals surface area contributed by atoms with Gasteiger partial charge in [-0.3, -0.25) is 5.43 Å². The van der Waals surface area contributed by atoms with Gasteiger partial charge in [0.05, 0.1) is 5.69 Å². The molecule has 2 rings (SSSR count). The molecule has 0 amide bonds. The number of hydrazine groups is 1. The van der Waals surface area contributed by atoms with Crippen LogP contribution < -0.4 is 16.2 Å². The van der Waals surface area contributed by atoms with E-state index in [9.17, 15) is 4.39 Å². The second-order valence-corrected chi connectivity index (χ2v) is 3.85. The van der Waals surface area contributed by atoms with Gasteiger partial charge in [0.2, 0.25) is 5.95 Å². The number of nitrogens with one attached hydrogen (secondary N) is 1. The number of nitrogen functional groups attached to an aromatic ring is 1. The Balaban J connectivity index is 2.45. The van der Waals surface area contributed by atoms with E-state index in [4.69, 9.17) is 5.84 Å². The molecular weight excluding hydrogens is 233 g/mol. The summed E-state index contributed by atoms with van der Waals surface area (Å²) in [5.41, 5.74) is 3.65. The lowest BCUT2D eigenvalue weighted by Gasteiger charge is -2.20. The van der Waals surface area contributed by atoms with Gasteiger partial charge in [0.25, 0.3) is 0 Å². The smallest absolute Gasteiger partial charge is 0.239 e. The molecule has 0 aliphatic heterocycles. The average molecular weight is 247 g/mol. The molecule has 0 unspecified atom stereocenters. The van der Waals surface area contributed by atoms with Crippen LogP contribution in [0.5, 0.6) is 0 Å². The topological polar surface area (TPSA) is 67.1 Å².